The number of aromatic amines is 1. The van der Waals surface area contributed by atoms with Gasteiger partial charge in [-0.2, -0.15) is 0 Å². The standard InChI is InChI=1S/C5H3ClN2O2/c6-4-3(1-9)7-2-8-5(4)10/h1-2H,(H,7,8,10). The largest absolute Gasteiger partial charge is 0.312 e. The molecule has 0 spiro atoms. The molecule has 0 amide bonds. The van der Waals surface area contributed by atoms with Crippen LogP contribution in [-0.2, 0) is 0 Å². The number of aromatic nitrogens is 2. The van der Waals surface area contributed by atoms with E-state index in [1.54, 1.807) is 0 Å². The SMILES string of the molecule is O=Cc1nc[nH]c(=O)c1Cl. The molecule has 1 N–H and O–H groups in total. The van der Waals surface area contributed by atoms with Gasteiger partial charge in [0.05, 0.1) is 6.33 Å². The molecule has 0 radical (unpaired) electrons. The molecule has 1 rings (SSSR count). The van der Waals surface area contributed by atoms with Crippen LogP contribution < -0.4 is 5.56 Å². The number of rotatable bonds is 1. The topological polar surface area (TPSA) is 62.8 Å². The van der Waals surface area contributed by atoms with E-state index in [9.17, 15) is 9.59 Å². The Labute approximate surface area is 60.9 Å². The van der Waals surface area contributed by atoms with Crippen LogP contribution in [0.15, 0.2) is 11.1 Å². The van der Waals surface area contributed by atoms with Crippen molar-refractivity contribution < 1.29 is 4.79 Å². The number of H-pyrrole nitrogens is 1. The number of aldehydes is 1. The molecular weight excluding hydrogens is 156 g/mol. The minimum atomic E-state index is -0.501. The Morgan fingerprint density at radius 3 is 2.90 bits per heavy atom. The maximum absolute atomic E-state index is 10.6. The first-order chi connectivity index (χ1) is 4.75. The summed E-state index contributed by atoms with van der Waals surface area (Å²) in [6, 6.07) is 0. The van der Waals surface area contributed by atoms with Crippen molar-refractivity contribution in [3.8, 4) is 0 Å². The number of nitrogens with one attached hydrogen (secondary N) is 1. The second-order valence-electron chi connectivity index (χ2n) is 1.55. The fourth-order valence-electron chi connectivity index (χ4n) is 0.479. The van der Waals surface area contributed by atoms with Crippen molar-refractivity contribution in [2.45, 2.75) is 0 Å². The highest BCUT2D eigenvalue weighted by atomic mass is 35.5. The van der Waals surface area contributed by atoms with Crippen LogP contribution in [0.5, 0.6) is 0 Å². The average Bonchev–Trinajstić information content (AvgIpc) is 1.95. The molecule has 0 aliphatic carbocycles. The Bertz CT molecular complexity index is 307. The first kappa shape index (κ1) is 6.95. The fourth-order valence-corrected chi connectivity index (χ4v) is 0.627. The molecule has 10 heavy (non-hydrogen) atoms. The summed E-state index contributed by atoms with van der Waals surface area (Å²) in [5.74, 6) is 0. The zero-order chi connectivity index (χ0) is 7.56. The van der Waals surface area contributed by atoms with Crippen molar-refractivity contribution in [2.75, 3.05) is 0 Å². The van der Waals surface area contributed by atoms with E-state index in [0.29, 0.717) is 6.29 Å². The van der Waals surface area contributed by atoms with Gasteiger partial charge >= 0.3 is 0 Å². The predicted octanol–water partition coefficient (Wildman–Crippen LogP) is 0.236. The smallest absolute Gasteiger partial charge is 0.270 e. The molecule has 0 aromatic carbocycles. The van der Waals surface area contributed by atoms with Crippen molar-refractivity contribution >= 4 is 17.9 Å². The van der Waals surface area contributed by atoms with E-state index in [0.717, 1.165) is 6.33 Å². The number of hydrogen-bond acceptors (Lipinski definition) is 3. The lowest BCUT2D eigenvalue weighted by Crippen LogP contribution is -2.09. The van der Waals surface area contributed by atoms with Gasteiger partial charge in [-0.3, -0.25) is 9.59 Å². The van der Waals surface area contributed by atoms with Crippen LogP contribution in [-0.4, -0.2) is 16.3 Å². The van der Waals surface area contributed by atoms with E-state index in [1.165, 1.54) is 0 Å². The summed E-state index contributed by atoms with van der Waals surface area (Å²) < 4.78 is 0. The van der Waals surface area contributed by atoms with E-state index in [1.807, 2.05) is 0 Å². The molecule has 0 bridgehead atoms. The Kier molecular flexibility index (Phi) is 1.82. The van der Waals surface area contributed by atoms with Crippen LogP contribution in [0.3, 0.4) is 0 Å². The third-order valence-corrected chi connectivity index (χ3v) is 1.30. The molecule has 1 aromatic rings. The molecule has 0 fully saturated rings. The molecule has 0 aliphatic heterocycles. The van der Waals surface area contributed by atoms with Gasteiger partial charge in [0.15, 0.2) is 6.29 Å². The Balaban J connectivity index is 3.41. The van der Waals surface area contributed by atoms with Crippen molar-refractivity contribution in [1.82, 2.24) is 9.97 Å². The second kappa shape index (κ2) is 2.62. The Hall–Kier alpha value is -1.16. The highest BCUT2D eigenvalue weighted by molar-refractivity contribution is 6.32. The average molecular weight is 159 g/mol. The summed E-state index contributed by atoms with van der Waals surface area (Å²) in [5, 5.41) is -0.169. The minimum absolute atomic E-state index is 0.0367. The first-order valence-electron chi connectivity index (χ1n) is 2.44. The summed E-state index contributed by atoms with van der Waals surface area (Å²) in [5.41, 5.74) is -0.538. The quantitative estimate of drug-likeness (QED) is 0.596. The zero-order valence-corrected chi connectivity index (χ0v) is 5.55. The normalized spacial score (nSPS) is 9.30. The lowest BCUT2D eigenvalue weighted by atomic mass is 10.4. The van der Waals surface area contributed by atoms with Gasteiger partial charge in [-0.05, 0) is 0 Å². The highest BCUT2D eigenvalue weighted by Crippen LogP contribution is 2.01. The van der Waals surface area contributed by atoms with Gasteiger partial charge < -0.3 is 4.98 Å². The van der Waals surface area contributed by atoms with Crippen LogP contribution in [0, 0.1) is 0 Å². The fraction of sp³-hybridized carbons (Fsp3) is 0. The van der Waals surface area contributed by atoms with Gasteiger partial charge in [-0.15, -0.1) is 0 Å². The van der Waals surface area contributed by atoms with Crippen molar-refractivity contribution in [3.05, 3.63) is 27.4 Å². The maximum Gasteiger partial charge on any atom is 0.270 e. The zero-order valence-electron chi connectivity index (χ0n) is 4.80. The van der Waals surface area contributed by atoms with Gasteiger partial charge in [0.1, 0.15) is 10.7 Å². The van der Waals surface area contributed by atoms with Crippen molar-refractivity contribution in [3.63, 3.8) is 0 Å². The molecule has 0 saturated heterocycles. The monoisotopic (exact) mass is 158 g/mol. The third-order valence-electron chi connectivity index (χ3n) is 0.935. The molecule has 0 unspecified atom stereocenters. The van der Waals surface area contributed by atoms with Crippen LogP contribution in [0.25, 0.3) is 0 Å². The van der Waals surface area contributed by atoms with Gasteiger partial charge in [0, 0.05) is 0 Å². The van der Waals surface area contributed by atoms with Crippen molar-refractivity contribution in [2.24, 2.45) is 0 Å². The maximum atomic E-state index is 10.6. The van der Waals surface area contributed by atoms with E-state index >= 15 is 0 Å². The van der Waals surface area contributed by atoms with Gasteiger partial charge in [0.25, 0.3) is 5.56 Å². The third kappa shape index (κ3) is 1.06. The van der Waals surface area contributed by atoms with E-state index in [2.05, 4.69) is 9.97 Å². The molecule has 52 valence electrons. The van der Waals surface area contributed by atoms with E-state index in [-0.39, 0.29) is 10.7 Å². The number of hydrogen-bond donors (Lipinski definition) is 1. The van der Waals surface area contributed by atoms with Gasteiger partial charge in [-0.1, -0.05) is 11.6 Å². The van der Waals surface area contributed by atoms with E-state index < -0.39 is 5.56 Å². The van der Waals surface area contributed by atoms with Crippen LogP contribution in [0.1, 0.15) is 10.5 Å². The molecule has 1 heterocycles. The Morgan fingerprint density at radius 1 is 1.70 bits per heavy atom. The Morgan fingerprint density at radius 2 is 2.40 bits per heavy atom. The highest BCUT2D eigenvalue weighted by Gasteiger charge is 2.01. The summed E-state index contributed by atoms with van der Waals surface area (Å²) >= 11 is 5.36. The predicted molar refractivity (Wildman–Crippen MR) is 35.3 cm³/mol. The van der Waals surface area contributed by atoms with Crippen molar-refractivity contribution in [1.29, 1.82) is 0 Å². The molecular formula is C5H3ClN2O2. The first-order valence-corrected chi connectivity index (χ1v) is 2.82. The molecule has 0 saturated carbocycles. The molecule has 0 aliphatic rings. The summed E-state index contributed by atoms with van der Waals surface area (Å²) in [4.78, 5) is 26.4. The van der Waals surface area contributed by atoms with Gasteiger partial charge in [-0.25, -0.2) is 4.98 Å². The molecule has 5 heteroatoms. The molecule has 0 atom stereocenters. The van der Waals surface area contributed by atoms with Crippen LogP contribution in [0.2, 0.25) is 5.02 Å². The molecule has 1 aromatic heterocycles. The number of carbonyl (C=O) groups excluding carboxylic acids is 1. The van der Waals surface area contributed by atoms with Crippen LogP contribution >= 0.6 is 11.6 Å². The summed E-state index contributed by atoms with van der Waals surface area (Å²) in [6.07, 6.45) is 1.55. The minimum Gasteiger partial charge on any atom is -0.312 e. The number of carbonyl (C=O) groups is 1. The lowest BCUT2D eigenvalue weighted by Gasteiger charge is -1.89. The summed E-state index contributed by atoms with van der Waals surface area (Å²) in [7, 11) is 0. The van der Waals surface area contributed by atoms with Crippen LogP contribution in [0.4, 0.5) is 0 Å². The number of halogens is 1. The number of nitrogens with zero attached hydrogens (tertiary/aromatic N) is 1. The summed E-state index contributed by atoms with van der Waals surface area (Å²) in [6.45, 7) is 0. The molecule has 4 nitrogen and oxygen atoms in total. The van der Waals surface area contributed by atoms with E-state index in [4.69, 9.17) is 11.6 Å². The lowest BCUT2D eigenvalue weighted by molar-refractivity contribution is 0.111. The second-order valence-corrected chi connectivity index (χ2v) is 1.93. The van der Waals surface area contributed by atoms with Gasteiger partial charge in [0.2, 0.25) is 0 Å².